The van der Waals surface area contributed by atoms with Crippen LogP contribution in [0.1, 0.15) is 6.92 Å². The Kier molecular flexibility index (Phi) is 3.81. The zero-order valence-electron chi connectivity index (χ0n) is 8.34. The van der Waals surface area contributed by atoms with Crippen molar-refractivity contribution in [2.75, 3.05) is 13.7 Å². The van der Waals surface area contributed by atoms with Gasteiger partial charge in [0.1, 0.15) is 6.04 Å². The Morgan fingerprint density at radius 2 is 2.14 bits per heavy atom. The molecule has 5 unspecified atom stereocenters. The Labute approximate surface area is 85.0 Å². The Hall–Kier alpha value is 0.170. The number of hydrogen-bond donors (Lipinski definition) is 2. The summed E-state index contributed by atoms with van der Waals surface area (Å²) in [6.07, 6.45) is -0.647. The summed E-state index contributed by atoms with van der Waals surface area (Å²) in [5.41, 5.74) is 2.92. The third-order valence-corrected chi connectivity index (χ3v) is 3.07. The molecule has 1 saturated heterocycles. The van der Waals surface area contributed by atoms with E-state index >= 15 is 0 Å². The van der Waals surface area contributed by atoms with Crippen molar-refractivity contribution in [3.05, 3.63) is 0 Å². The SMILES string of the molecule is COC1C(N)C(C)CNC1C(F)(F)P. The van der Waals surface area contributed by atoms with Crippen LogP contribution in [-0.4, -0.2) is 37.5 Å². The van der Waals surface area contributed by atoms with Gasteiger partial charge in [-0.05, 0) is 12.5 Å². The smallest absolute Gasteiger partial charge is 0.276 e. The summed E-state index contributed by atoms with van der Waals surface area (Å²) in [6, 6.07) is -1.37. The number of methoxy groups -OCH3 is 1. The predicted octanol–water partition coefficient (Wildman–Crippen LogP) is 0.405. The molecule has 3 N–H and O–H groups in total. The fraction of sp³-hybridized carbons (Fsp3) is 1.00. The highest BCUT2D eigenvalue weighted by atomic mass is 31.0. The van der Waals surface area contributed by atoms with Crippen molar-refractivity contribution < 1.29 is 13.5 Å². The number of piperidine rings is 1. The minimum absolute atomic E-state index is 0.142. The van der Waals surface area contributed by atoms with Gasteiger partial charge in [0.25, 0.3) is 5.66 Å². The van der Waals surface area contributed by atoms with Crippen molar-refractivity contribution in [2.45, 2.75) is 30.8 Å². The van der Waals surface area contributed by atoms with Gasteiger partial charge in [-0.3, -0.25) is 0 Å². The van der Waals surface area contributed by atoms with Crippen molar-refractivity contribution in [1.29, 1.82) is 0 Å². The molecule has 0 aromatic rings. The van der Waals surface area contributed by atoms with Crippen LogP contribution in [0.3, 0.4) is 0 Å². The zero-order chi connectivity index (χ0) is 10.9. The Balaban J connectivity index is 2.77. The van der Waals surface area contributed by atoms with E-state index in [1.165, 1.54) is 16.3 Å². The van der Waals surface area contributed by atoms with Crippen LogP contribution >= 0.6 is 9.24 Å². The first kappa shape index (κ1) is 12.2. The second-order valence-electron chi connectivity index (χ2n) is 3.82. The second-order valence-corrected chi connectivity index (χ2v) is 4.59. The molecule has 0 aromatic heterocycles. The van der Waals surface area contributed by atoms with Crippen LogP contribution in [0, 0.1) is 5.92 Å². The summed E-state index contributed by atoms with van der Waals surface area (Å²) in [6.45, 7) is 2.41. The Morgan fingerprint density at radius 3 is 2.57 bits per heavy atom. The topological polar surface area (TPSA) is 47.3 Å². The lowest BCUT2D eigenvalue weighted by Gasteiger charge is -2.42. The maximum atomic E-state index is 13.1. The molecule has 1 heterocycles. The number of hydrogen-bond acceptors (Lipinski definition) is 3. The van der Waals surface area contributed by atoms with Gasteiger partial charge >= 0.3 is 0 Å². The Morgan fingerprint density at radius 1 is 1.57 bits per heavy atom. The van der Waals surface area contributed by atoms with Crippen LogP contribution in [-0.2, 0) is 4.74 Å². The van der Waals surface area contributed by atoms with E-state index in [2.05, 4.69) is 5.32 Å². The lowest BCUT2D eigenvalue weighted by molar-refractivity contribution is -0.0610. The standard InChI is InChI=1S/C8H17F2N2OP/c1-4-3-12-7(8(9,10)14)6(13-2)5(4)11/h4-7,12H,3,11,14H2,1-2H3. The van der Waals surface area contributed by atoms with E-state index in [4.69, 9.17) is 10.5 Å². The normalized spacial score (nSPS) is 39.9. The third kappa shape index (κ3) is 2.40. The molecular weight excluding hydrogens is 209 g/mol. The molecule has 0 amide bonds. The van der Waals surface area contributed by atoms with Crippen LogP contribution in [0.4, 0.5) is 8.78 Å². The van der Waals surface area contributed by atoms with Crippen LogP contribution in [0.25, 0.3) is 0 Å². The highest BCUT2D eigenvalue weighted by Crippen LogP contribution is 2.33. The fourth-order valence-corrected chi connectivity index (χ4v) is 2.07. The van der Waals surface area contributed by atoms with Crippen LogP contribution in [0.15, 0.2) is 0 Å². The molecule has 1 rings (SSSR count). The van der Waals surface area contributed by atoms with Crippen molar-refractivity contribution in [2.24, 2.45) is 11.7 Å². The van der Waals surface area contributed by atoms with Crippen LogP contribution in [0.2, 0.25) is 0 Å². The number of alkyl halides is 2. The number of nitrogens with one attached hydrogen (secondary N) is 1. The maximum absolute atomic E-state index is 13.1. The fourth-order valence-electron chi connectivity index (χ4n) is 1.76. The molecule has 84 valence electrons. The van der Waals surface area contributed by atoms with E-state index in [0.717, 1.165) is 0 Å². The van der Waals surface area contributed by atoms with E-state index in [9.17, 15) is 8.78 Å². The van der Waals surface area contributed by atoms with Crippen molar-refractivity contribution >= 4 is 9.24 Å². The van der Waals surface area contributed by atoms with Gasteiger partial charge in [0.15, 0.2) is 0 Å². The number of halogens is 2. The Bertz CT molecular complexity index is 200. The number of ether oxygens (including phenoxy) is 1. The minimum Gasteiger partial charge on any atom is -0.378 e. The van der Waals surface area contributed by atoms with E-state index in [-0.39, 0.29) is 12.0 Å². The van der Waals surface area contributed by atoms with E-state index < -0.39 is 17.8 Å². The summed E-state index contributed by atoms with van der Waals surface area (Å²) < 4.78 is 31.3. The van der Waals surface area contributed by atoms with Crippen molar-refractivity contribution in [3.63, 3.8) is 0 Å². The summed E-state index contributed by atoms with van der Waals surface area (Å²) in [4.78, 5) is 0. The van der Waals surface area contributed by atoms with Gasteiger partial charge in [-0.1, -0.05) is 16.2 Å². The van der Waals surface area contributed by atoms with E-state index in [1.54, 1.807) is 0 Å². The largest absolute Gasteiger partial charge is 0.378 e. The maximum Gasteiger partial charge on any atom is 0.276 e. The van der Waals surface area contributed by atoms with E-state index in [0.29, 0.717) is 6.54 Å². The van der Waals surface area contributed by atoms with Gasteiger partial charge in [0.05, 0.1) is 6.10 Å². The molecule has 6 heteroatoms. The molecule has 0 radical (unpaired) electrons. The average molecular weight is 226 g/mol. The summed E-state index contributed by atoms with van der Waals surface area (Å²) in [5, 5.41) is 2.76. The number of nitrogens with two attached hydrogens (primary N) is 1. The predicted molar refractivity (Wildman–Crippen MR) is 54.4 cm³/mol. The lowest BCUT2D eigenvalue weighted by atomic mass is 9.88. The van der Waals surface area contributed by atoms with Gasteiger partial charge < -0.3 is 15.8 Å². The third-order valence-electron chi connectivity index (χ3n) is 2.71. The van der Waals surface area contributed by atoms with Crippen molar-refractivity contribution in [3.8, 4) is 0 Å². The first-order valence-corrected chi connectivity index (χ1v) is 5.14. The molecule has 0 aromatic carbocycles. The minimum atomic E-state index is -2.89. The summed E-state index contributed by atoms with van der Waals surface area (Å²) in [5.74, 6) is 0.142. The molecule has 1 aliphatic heterocycles. The van der Waals surface area contributed by atoms with Crippen molar-refractivity contribution in [1.82, 2.24) is 5.32 Å². The summed E-state index contributed by atoms with van der Waals surface area (Å²) >= 11 is 0. The molecule has 0 aliphatic carbocycles. The summed E-state index contributed by atoms with van der Waals surface area (Å²) in [7, 11) is 2.94. The van der Waals surface area contributed by atoms with Gasteiger partial charge in [0, 0.05) is 13.2 Å². The second kappa shape index (κ2) is 4.35. The van der Waals surface area contributed by atoms with Gasteiger partial charge in [0.2, 0.25) is 0 Å². The molecule has 0 bridgehead atoms. The van der Waals surface area contributed by atoms with Crippen LogP contribution in [0.5, 0.6) is 0 Å². The molecule has 0 saturated carbocycles. The molecule has 14 heavy (non-hydrogen) atoms. The molecule has 1 aliphatic rings. The quantitative estimate of drug-likeness (QED) is 0.670. The highest BCUT2D eigenvalue weighted by Gasteiger charge is 2.46. The molecule has 5 atom stereocenters. The zero-order valence-corrected chi connectivity index (χ0v) is 9.49. The highest BCUT2D eigenvalue weighted by molar-refractivity contribution is 7.18. The van der Waals surface area contributed by atoms with Gasteiger partial charge in [-0.25, -0.2) is 8.78 Å². The lowest BCUT2D eigenvalue weighted by Crippen LogP contribution is -2.64. The van der Waals surface area contributed by atoms with E-state index in [1.807, 2.05) is 6.92 Å². The molecular formula is C8H17F2N2OP. The first-order valence-electron chi connectivity index (χ1n) is 4.56. The molecule has 0 spiro atoms. The first-order chi connectivity index (χ1) is 6.38. The monoisotopic (exact) mass is 226 g/mol. The molecule has 1 fully saturated rings. The van der Waals surface area contributed by atoms with Gasteiger partial charge in [-0.15, -0.1) is 0 Å². The van der Waals surface area contributed by atoms with Crippen LogP contribution < -0.4 is 11.1 Å². The average Bonchev–Trinajstić information content (AvgIpc) is 2.07. The van der Waals surface area contributed by atoms with Gasteiger partial charge in [-0.2, -0.15) is 0 Å². The number of rotatable bonds is 2. The molecule has 3 nitrogen and oxygen atoms in total.